The van der Waals surface area contributed by atoms with E-state index in [4.69, 9.17) is 0 Å². The smallest absolute Gasteiger partial charge is 0.318 e. The Kier molecular flexibility index (Phi) is 5.82. The third-order valence-corrected chi connectivity index (χ3v) is 5.09. The van der Waals surface area contributed by atoms with E-state index in [0.717, 1.165) is 31.4 Å². The van der Waals surface area contributed by atoms with E-state index in [2.05, 4.69) is 22.4 Å². The molecular formula is C18H23N3O2S. The Labute approximate surface area is 146 Å². The van der Waals surface area contributed by atoms with Crippen LogP contribution in [0.2, 0.25) is 0 Å². The molecule has 0 saturated heterocycles. The number of nitrogens with one attached hydrogen (secondary N) is 1. The van der Waals surface area contributed by atoms with E-state index in [0.29, 0.717) is 13.1 Å². The minimum absolute atomic E-state index is 0.0296. The molecule has 1 atom stereocenters. The van der Waals surface area contributed by atoms with Crippen molar-refractivity contribution in [1.82, 2.24) is 15.2 Å². The van der Waals surface area contributed by atoms with Crippen molar-refractivity contribution in [2.45, 2.75) is 31.7 Å². The largest absolute Gasteiger partial charge is 0.395 e. The number of hydrogen-bond donors (Lipinski definition) is 2. The summed E-state index contributed by atoms with van der Waals surface area (Å²) >= 11 is 1.56. The van der Waals surface area contributed by atoms with Crippen LogP contribution in [0.1, 0.15) is 35.7 Å². The third-order valence-electron chi connectivity index (χ3n) is 4.46. The number of carbonyl (C=O) groups is 1. The van der Waals surface area contributed by atoms with Crippen LogP contribution in [-0.4, -0.2) is 40.7 Å². The highest BCUT2D eigenvalue weighted by Gasteiger charge is 2.28. The van der Waals surface area contributed by atoms with Crippen molar-refractivity contribution in [2.75, 3.05) is 19.7 Å². The van der Waals surface area contributed by atoms with Gasteiger partial charge in [0.15, 0.2) is 0 Å². The number of aryl methyl sites for hydroxylation is 1. The Morgan fingerprint density at radius 1 is 1.42 bits per heavy atom. The van der Waals surface area contributed by atoms with Crippen molar-refractivity contribution in [1.29, 1.82) is 0 Å². The van der Waals surface area contributed by atoms with Crippen molar-refractivity contribution in [2.24, 2.45) is 0 Å². The number of aromatic nitrogens is 1. The standard InChI is InChI=1S/C18H23N3O2S/c22-11-10-21(18(23)19-9-8-15-12-24-13-20-15)17-7-3-5-14-4-1-2-6-16(14)17/h1-2,4,6,12-13,17,22H,3,5,7-11H2,(H,19,23). The van der Waals surface area contributed by atoms with Crippen LogP contribution in [-0.2, 0) is 12.8 Å². The molecule has 0 bridgehead atoms. The first-order valence-electron chi connectivity index (χ1n) is 8.40. The molecule has 3 rings (SSSR count). The molecule has 1 aliphatic rings. The molecule has 0 spiro atoms. The second kappa shape index (κ2) is 8.26. The molecule has 0 saturated carbocycles. The summed E-state index contributed by atoms with van der Waals surface area (Å²) in [5, 5.41) is 14.4. The molecule has 1 heterocycles. The van der Waals surface area contributed by atoms with Crippen LogP contribution in [0.5, 0.6) is 0 Å². The van der Waals surface area contributed by atoms with Crippen molar-refractivity contribution >= 4 is 17.4 Å². The van der Waals surface area contributed by atoms with Crippen LogP contribution in [0.25, 0.3) is 0 Å². The van der Waals surface area contributed by atoms with Crippen LogP contribution in [0.15, 0.2) is 35.2 Å². The lowest BCUT2D eigenvalue weighted by Gasteiger charge is -2.35. The van der Waals surface area contributed by atoms with Gasteiger partial charge in [0.05, 0.1) is 23.9 Å². The molecule has 1 unspecified atom stereocenters. The van der Waals surface area contributed by atoms with Crippen LogP contribution < -0.4 is 5.32 Å². The van der Waals surface area contributed by atoms with Crippen molar-refractivity contribution < 1.29 is 9.90 Å². The predicted molar refractivity (Wildman–Crippen MR) is 95.1 cm³/mol. The molecule has 1 aliphatic carbocycles. The van der Waals surface area contributed by atoms with Gasteiger partial charge in [-0.15, -0.1) is 11.3 Å². The zero-order valence-corrected chi connectivity index (χ0v) is 14.5. The Morgan fingerprint density at radius 3 is 3.08 bits per heavy atom. The maximum absolute atomic E-state index is 12.7. The first-order valence-corrected chi connectivity index (χ1v) is 9.34. The minimum atomic E-state index is -0.110. The second-order valence-electron chi connectivity index (χ2n) is 5.99. The number of fused-ring (bicyclic) bond motifs is 1. The van der Waals surface area contributed by atoms with Gasteiger partial charge in [0.2, 0.25) is 0 Å². The van der Waals surface area contributed by atoms with Crippen LogP contribution in [0.4, 0.5) is 4.79 Å². The average Bonchev–Trinajstić information content (AvgIpc) is 3.12. The number of urea groups is 1. The number of thiazole rings is 1. The number of carbonyl (C=O) groups excluding carboxylic acids is 1. The Bertz CT molecular complexity index is 660. The summed E-state index contributed by atoms with van der Waals surface area (Å²) in [6.07, 6.45) is 3.79. The number of amides is 2. The van der Waals surface area contributed by atoms with Gasteiger partial charge in [-0.25, -0.2) is 9.78 Å². The number of hydrogen-bond acceptors (Lipinski definition) is 4. The lowest BCUT2D eigenvalue weighted by molar-refractivity contribution is 0.144. The topological polar surface area (TPSA) is 65.5 Å². The minimum Gasteiger partial charge on any atom is -0.395 e. The first-order chi connectivity index (χ1) is 11.8. The molecule has 128 valence electrons. The van der Waals surface area contributed by atoms with Gasteiger partial charge in [0, 0.05) is 24.9 Å². The summed E-state index contributed by atoms with van der Waals surface area (Å²) in [4.78, 5) is 18.7. The molecule has 0 radical (unpaired) electrons. The maximum Gasteiger partial charge on any atom is 0.318 e. The van der Waals surface area contributed by atoms with E-state index in [1.807, 2.05) is 17.5 Å². The molecule has 6 heteroatoms. The van der Waals surface area contributed by atoms with Gasteiger partial charge in [0.1, 0.15) is 0 Å². The predicted octanol–water partition coefficient (Wildman–Crippen LogP) is 2.77. The number of aliphatic hydroxyl groups excluding tert-OH is 1. The van der Waals surface area contributed by atoms with E-state index in [1.54, 1.807) is 21.7 Å². The number of rotatable bonds is 6. The van der Waals surface area contributed by atoms with Crippen LogP contribution in [0, 0.1) is 0 Å². The molecule has 2 aromatic rings. The Balaban J connectivity index is 1.66. The van der Waals surface area contributed by atoms with Gasteiger partial charge in [-0.2, -0.15) is 0 Å². The van der Waals surface area contributed by atoms with Crippen molar-refractivity contribution in [3.63, 3.8) is 0 Å². The average molecular weight is 345 g/mol. The summed E-state index contributed by atoms with van der Waals surface area (Å²) in [5.74, 6) is 0. The fourth-order valence-electron chi connectivity index (χ4n) is 3.32. The summed E-state index contributed by atoms with van der Waals surface area (Å²) in [5.41, 5.74) is 5.32. The maximum atomic E-state index is 12.7. The lowest BCUT2D eigenvalue weighted by atomic mass is 9.87. The van der Waals surface area contributed by atoms with E-state index in [9.17, 15) is 9.90 Å². The molecule has 0 fully saturated rings. The Morgan fingerprint density at radius 2 is 2.29 bits per heavy atom. The quantitative estimate of drug-likeness (QED) is 0.846. The van der Waals surface area contributed by atoms with E-state index >= 15 is 0 Å². The molecule has 1 aromatic carbocycles. The van der Waals surface area contributed by atoms with Gasteiger partial charge in [0.25, 0.3) is 0 Å². The van der Waals surface area contributed by atoms with Gasteiger partial charge < -0.3 is 15.3 Å². The summed E-state index contributed by atoms with van der Waals surface area (Å²) in [7, 11) is 0. The zero-order valence-electron chi connectivity index (χ0n) is 13.6. The SMILES string of the molecule is O=C(NCCc1cscn1)N(CCO)C1CCCc2ccccc21. The third kappa shape index (κ3) is 3.94. The van der Waals surface area contributed by atoms with E-state index < -0.39 is 0 Å². The van der Waals surface area contributed by atoms with Gasteiger partial charge in [-0.1, -0.05) is 24.3 Å². The highest BCUT2D eigenvalue weighted by atomic mass is 32.1. The van der Waals surface area contributed by atoms with Gasteiger partial charge in [-0.05, 0) is 30.4 Å². The number of aliphatic hydroxyl groups is 1. The van der Waals surface area contributed by atoms with Crippen LogP contribution in [0.3, 0.4) is 0 Å². The normalized spacial score (nSPS) is 16.5. The molecular weight excluding hydrogens is 322 g/mol. The molecule has 24 heavy (non-hydrogen) atoms. The number of benzene rings is 1. The summed E-state index contributed by atoms with van der Waals surface area (Å²) in [6.45, 7) is 0.874. The molecule has 1 aromatic heterocycles. The fourth-order valence-corrected chi connectivity index (χ4v) is 3.91. The van der Waals surface area contributed by atoms with Crippen molar-refractivity contribution in [3.8, 4) is 0 Å². The highest BCUT2D eigenvalue weighted by Crippen LogP contribution is 2.34. The van der Waals surface area contributed by atoms with Gasteiger partial charge in [-0.3, -0.25) is 0 Å². The van der Waals surface area contributed by atoms with Crippen LogP contribution >= 0.6 is 11.3 Å². The Hall–Kier alpha value is -1.92. The fraction of sp³-hybridized carbons (Fsp3) is 0.444. The van der Waals surface area contributed by atoms with Crippen molar-refractivity contribution in [3.05, 3.63) is 52.0 Å². The molecule has 5 nitrogen and oxygen atoms in total. The van der Waals surface area contributed by atoms with Gasteiger partial charge >= 0.3 is 6.03 Å². The summed E-state index contributed by atoms with van der Waals surface area (Å²) < 4.78 is 0. The second-order valence-corrected chi connectivity index (χ2v) is 6.70. The van der Waals surface area contributed by atoms with E-state index in [1.165, 1.54) is 11.1 Å². The first kappa shape index (κ1) is 16.9. The van der Waals surface area contributed by atoms with E-state index in [-0.39, 0.29) is 18.7 Å². The molecule has 0 aliphatic heterocycles. The number of nitrogens with zero attached hydrogens (tertiary/aromatic N) is 2. The summed E-state index contributed by atoms with van der Waals surface area (Å²) in [6, 6.07) is 8.24. The zero-order chi connectivity index (χ0) is 16.8. The molecule has 2 amide bonds. The highest BCUT2D eigenvalue weighted by molar-refractivity contribution is 7.07. The lowest BCUT2D eigenvalue weighted by Crippen LogP contribution is -2.45. The monoisotopic (exact) mass is 345 g/mol. The molecule has 2 N–H and O–H groups in total.